The number of aliphatic carboxylic acids is 3. The Morgan fingerprint density at radius 3 is 1.83 bits per heavy atom. The average Bonchev–Trinajstić information content (AvgIpc) is 3.45. The first kappa shape index (κ1) is 40.1. The van der Waals surface area contributed by atoms with Crippen LogP contribution in [0.1, 0.15) is 24.2 Å². The number of piperidine rings is 1. The molecule has 0 aliphatic carbocycles. The number of likely N-dealkylation sites (N-methyl/N-ethyl adjacent to an activating group) is 1. The third-order valence-corrected chi connectivity index (χ3v) is 6.25. The molecule has 11 nitrogen and oxygen atoms in total. The molecule has 4 heterocycles. The molecule has 2 saturated heterocycles. The minimum atomic E-state index is -5.08. The van der Waals surface area contributed by atoms with E-state index in [2.05, 4.69) is 34.0 Å². The van der Waals surface area contributed by atoms with Crippen LogP contribution in [-0.4, -0.2) is 105 Å². The van der Waals surface area contributed by atoms with E-state index in [9.17, 15) is 39.5 Å². The van der Waals surface area contributed by atoms with Crippen LogP contribution in [0.2, 0.25) is 0 Å². The highest BCUT2D eigenvalue weighted by Crippen LogP contribution is 2.32. The summed E-state index contributed by atoms with van der Waals surface area (Å²) in [7, 11) is 2.19. The first-order valence-electron chi connectivity index (χ1n) is 13.0. The van der Waals surface area contributed by atoms with Crippen molar-refractivity contribution in [1.29, 1.82) is 0 Å². The SMILES string of the molecule is CN(Cc1ccco1)[C@@H]1CN(Cc2ccncc2)C[C@@H]2CCCO[C@@H]21.O=C(O)C(F)(F)F.O=C(O)C(F)(F)F.O=C(O)C(F)(F)F. The number of nitrogens with zero attached hydrogens (tertiary/aromatic N) is 3. The van der Waals surface area contributed by atoms with E-state index in [4.69, 9.17) is 38.9 Å². The predicted octanol–water partition coefficient (Wildman–Crippen LogP) is 4.69. The molecule has 3 N–H and O–H groups in total. The van der Waals surface area contributed by atoms with Gasteiger partial charge in [0.15, 0.2) is 0 Å². The Kier molecular flexibility index (Phi) is 15.4. The zero-order valence-electron chi connectivity index (χ0n) is 23.8. The molecule has 3 atom stereocenters. The van der Waals surface area contributed by atoms with Gasteiger partial charge < -0.3 is 24.5 Å². The van der Waals surface area contributed by atoms with Crippen molar-refractivity contribution in [3.05, 3.63) is 54.2 Å². The van der Waals surface area contributed by atoms with Gasteiger partial charge in [-0.25, -0.2) is 14.4 Å². The monoisotopic (exact) mass is 683 g/mol. The van der Waals surface area contributed by atoms with Crippen LogP contribution >= 0.6 is 0 Å². The summed E-state index contributed by atoms with van der Waals surface area (Å²) in [4.78, 5) is 35.8. The molecule has 0 saturated carbocycles. The maximum atomic E-state index is 10.6. The molecule has 2 fully saturated rings. The molecule has 0 radical (unpaired) electrons. The van der Waals surface area contributed by atoms with Crippen molar-refractivity contribution in [2.45, 2.75) is 56.6 Å². The van der Waals surface area contributed by atoms with Gasteiger partial charge in [0.25, 0.3) is 0 Å². The summed E-state index contributed by atoms with van der Waals surface area (Å²) < 4.78 is 107. The zero-order valence-corrected chi connectivity index (χ0v) is 23.8. The van der Waals surface area contributed by atoms with Crippen LogP contribution in [0.15, 0.2) is 47.3 Å². The molecule has 0 aromatic carbocycles. The van der Waals surface area contributed by atoms with Gasteiger partial charge in [-0.2, -0.15) is 39.5 Å². The summed E-state index contributed by atoms with van der Waals surface area (Å²) in [5, 5.41) is 21.4. The van der Waals surface area contributed by atoms with E-state index < -0.39 is 36.4 Å². The highest BCUT2D eigenvalue weighted by Gasteiger charge is 2.41. The first-order valence-corrected chi connectivity index (χ1v) is 13.0. The number of aromatic nitrogens is 1. The van der Waals surface area contributed by atoms with Gasteiger partial charge in [-0.3, -0.25) is 14.8 Å². The molecule has 20 heteroatoms. The third-order valence-electron chi connectivity index (χ3n) is 6.25. The molecule has 46 heavy (non-hydrogen) atoms. The average molecular weight is 684 g/mol. The number of alkyl halides is 9. The van der Waals surface area contributed by atoms with Crippen LogP contribution in [0.25, 0.3) is 0 Å². The Bertz CT molecular complexity index is 1150. The lowest BCUT2D eigenvalue weighted by Crippen LogP contribution is -2.59. The smallest absolute Gasteiger partial charge is 0.475 e. The molecule has 4 rings (SSSR count). The van der Waals surface area contributed by atoms with Gasteiger partial charge in [-0.1, -0.05) is 0 Å². The van der Waals surface area contributed by atoms with E-state index in [1.165, 1.54) is 18.4 Å². The molecule has 0 amide bonds. The van der Waals surface area contributed by atoms with E-state index in [1.807, 2.05) is 24.5 Å². The van der Waals surface area contributed by atoms with Crippen molar-refractivity contribution in [1.82, 2.24) is 14.8 Å². The number of carboxylic acid groups (broad SMARTS) is 3. The Morgan fingerprint density at radius 2 is 1.39 bits per heavy atom. The fourth-order valence-corrected chi connectivity index (χ4v) is 4.29. The van der Waals surface area contributed by atoms with Crippen molar-refractivity contribution in [2.75, 3.05) is 26.7 Å². The van der Waals surface area contributed by atoms with Gasteiger partial charge in [0.2, 0.25) is 0 Å². The third kappa shape index (κ3) is 14.9. The lowest BCUT2D eigenvalue weighted by atomic mass is 9.84. The van der Waals surface area contributed by atoms with E-state index in [0.717, 1.165) is 38.5 Å². The number of halogens is 9. The minimum Gasteiger partial charge on any atom is -0.475 e. The molecule has 2 aromatic rings. The summed E-state index contributed by atoms with van der Waals surface area (Å²) in [6.45, 7) is 4.86. The normalized spacial score (nSPS) is 20.0. The fourth-order valence-electron chi connectivity index (χ4n) is 4.29. The van der Waals surface area contributed by atoms with Crippen molar-refractivity contribution in [3.8, 4) is 0 Å². The molecular formula is C26H30F9N3O8. The van der Waals surface area contributed by atoms with Gasteiger partial charge in [0, 0.05) is 44.7 Å². The minimum absolute atomic E-state index is 0.336. The number of ether oxygens (including phenoxy) is 1. The lowest BCUT2D eigenvalue weighted by molar-refractivity contribution is -0.193. The molecule has 2 aromatic heterocycles. The lowest BCUT2D eigenvalue weighted by Gasteiger charge is -2.48. The quantitative estimate of drug-likeness (QED) is 0.377. The summed E-state index contributed by atoms with van der Waals surface area (Å²) >= 11 is 0. The van der Waals surface area contributed by atoms with Crippen molar-refractivity contribution in [2.24, 2.45) is 5.92 Å². The Balaban J connectivity index is 0.000000413. The Labute approximate surface area is 255 Å². The molecule has 2 aliphatic heterocycles. The van der Waals surface area contributed by atoms with Gasteiger partial charge in [0.1, 0.15) is 5.76 Å². The second kappa shape index (κ2) is 17.7. The highest BCUT2D eigenvalue weighted by molar-refractivity contribution is 5.73. The number of hydrogen-bond acceptors (Lipinski definition) is 8. The van der Waals surface area contributed by atoms with Gasteiger partial charge >= 0.3 is 36.4 Å². The standard InChI is InChI=1S/C20H27N3O2.3C2HF3O2/c1-22(14-18-5-3-10-24-18)19-15-23(12-16-6-8-21-9-7-16)13-17-4-2-11-25-20(17)19;3*3-2(4,5)1(6)7/h3,5-10,17,19-20H,2,4,11-15H2,1H3;3*(H,6,7)/t17-,19+,20-;;;/m0.../s1. The molecule has 260 valence electrons. The van der Waals surface area contributed by atoms with Crippen LogP contribution < -0.4 is 0 Å². The molecule has 0 bridgehead atoms. The number of pyridine rings is 1. The predicted molar refractivity (Wildman–Crippen MR) is 137 cm³/mol. The molecule has 2 aliphatic rings. The van der Waals surface area contributed by atoms with Gasteiger partial charge in [-0.15, -0.1) is 0 Å². The van der Waals surface area contributed by atoms with E-state index in [0.29, 0.717) is 18.1 Å². The molecule has 0 spiro atoms. The number of fused-ring (bicyclic) bond motifs is 1. The zero-order chi connectivity index (χ0) is 35.3. The van der Waals surface area contributed by atoms with Gasteiger partial charge in [-0.05, 0) is 55.6 Å². The van der Waals surface area contributed by atoms with Crippen LogP contribution in [0.3, 0.4) is 0 Å². The summed E-state index contributed by atoms with van der Waals surface area (Å²) in [5.74, 6) is -6.64. The van der Waals surface area contributed by atoms with Crippen molar-refractivity contribution < 1.29 is 78.4 Å². The number of carboxylic acids is 3. The Hall–Kier alpha value is -3.91. The van der Waals surface area contributed by atoms with Crippen LogP contribution in [0.5, 0.6) is 0 Å². The number of likely N-dealkylation sites (tertiary alicyclic amines) is 1. The van der Waals surface area contributed by atoms with Crippen LogP contribution in [-0.2, 0) is 32.2 Å². The maximum Gasteiger partial charge on any atom is 0.490 e. The van der Waals surface area contributed by atoms with Crippen LogP contribution in [0, 0.1) is 5.92 Å². The topological polar surface area (TPSA) is 154 Å². The fraction of sp³-hybridized carbons (Fsp3) is 0.538. The largest absolute Gasteiger partial charge is 0.490 e. The second-order valence-electron chi connectivity index (χ2n) is 9.76. The van der Waals surface area contributed by atoms with Crippen molar-refractivity contribution in [3.63, 3.8) is 0 Å². The highest BCUT2D eigenvalue weighted by atomic mass is 19.4. The van der Waals surface area contributed by atoms with Crippen LogP contribution in [0.4, 0.5) is 39.5 Å². The molecular weight excluding hydrogens is 653 g/mol. The summed E-state index contributed by atoms with van der Waals surface area (Å²) in [6, 6.07) is 8.63. The maximum absolute atomic E-state index is 10.6. The number of carbonyl (C=O) groups is 3. The summed E-state index contributed by atoms with van der Waals surface area (Å²) in [6.07, 6.45) is -6.96. The Morgan fingerprint density at radius 1 is 0.891 bits per heavy atom. The summed E-state index contributed by atoms with van der Waals surface area (Å²) in [5.41, 5.74) is 1.33. The van der Waals surface area contributed by atoms with E-state index in [-0.39, 0.29) is 0 Å². The number of rotatable bonds is 5. The second-order valence-corrected chi connectivity index (χ2v) is 9.76. The molecule has 0 unspecified atom stereocenters. The number of furan rings is 1. The number of hydrogen-bond donors (Lipinski definition) is 3. The van der Waals surface area contributed by atoms with E-state index in [1.54, 1.807) is 6.26 Å². The van der Waals surface area contributed by atoms with Crippen molar-refractivity contribution >= 4 is 17.9 Å². The van der Waals surface area contributed by atoms with E-state index >= 15 is 0 Å². The van der Waals surface area contributed by atoms with Gasteiger partial charge in [0.05, 0.1) is 18.9 Å². The first-order chi connectivity index (χ1) is 21.1.